The van der Waals surface area contributed by atoms with Crippen molar-refractivity contribution < 1.29 is 14.3 Å². The van der Waals surface area contributed by atoms with Crippen molar-refractivity contribution in [1.82, 2.24) is 4.90 Å². The van der Waals surface area contributed by atoms with E-state index in [9.17, 15) is 9.59 Å². The summed E-state index contributed by atoms with van der Waals surface area (Å²) < 4.78 is 6.16. The zero-order valence-corrected chi connectivity index (χ0v) is 14.8. The molecule has 120 valence electrons. The van der Waals surface area contributed by atoms with E-state index in [2.05, 4.69) is 27.9 Å². The summed E-state index contributed by atoms with van der Waals surface area (Å²) in [6.45, 7) is 3.96. The number of benzene rings is 1. The number of esters is 1. The van der Waals surface area contributed by atoms with Gasteiger partial charge in [0.15, 0.2) is 0 Å². The van der Waals surface area contributed by atoms with Gasteiger partial charge in [-0.15, -0.1) is 0 Å². The molecule has 6 heteroatoms. The Morgan fingerprint density at radius 1 is 1.45 bits per heavy atom. The molecule has 1 fully saturated rings. The minimum absolute atomic E-state index is 0.0495. The third-order valence-electron chi connectivity index (χ3n) is 3.60. The lowest BCUT2D eigenvalue weighted by Crippen LogP contribution is -2.43. The van der Waals surface area contributed by atoms with E-state index in [0.717, 1.165) is 28.6 Å². The van der Waals surface area contributed by atoms with Gasteiger partial charge in [0.05, 0.1) is 19.1 Å². The van der Waals surface area contributed by atoms with Crippen LogP contribution in [0, 0.1) is 9.49 Å². The predicted molar refractivity (Wildman–Crippen MR) is 93.6 cm³/mol. The Hall–Kier alpha value is -1.15. The minimum atomic E-state index is -0.148. The van der Waals surface area contributed by atoms with Gasteiger partial charge in [-0.1, -0.05) is 6.07 Å². The summed E-state index contributed by atoms with van der Waals surface area (Å²) in [4.78, 5) is 26.0. The molecule has 22 heavy (non-hydrogen) atoms. The average Bonchev–Trinajstić information content (AvgIpc) is 2.47. The van der Waals surface area contributed by atoms with Crippen LogP contribution in [-0.4, -0.2) is 43.0 Å². The van der Waals surface area contributed by atoms with Crippen molar-refractivity contribution in [3.63, 3.8) is 0 Å². The number of anilines is 1. The zero-order chi connectivity index (χ0) is 15.9. The molecule has 0 aromatic heterocycles. The Kier molecular flexibility index (Phi) is 6.63. The SMILES string of the molecule is CCOC(=O)[C@@H]1CCCN(CC(=O)Nc2cccc(I)c2)C1. The van der Waals surface area contributed by atoms with Crippen molar-refractivity contribution in [3.05, 3.63) is 27.8 Å². The number of carbonyl (C=O) groups is 2. The fraction of sp³-hybridized carbons (Fsp3) is 0.500. The number of carbonyl (C=O) groups excluding carboxylic acids is 2. The lowest BCUT2D eigenvalue weighted by atomic mass is 9.98. The maximum atomic E-state index is 12.1. The number of likely N-dealkylation sites (tertiary alicyclic amines) is 1. The molecule has 1 N–H and O–H groups in total. The lowest BCUT2D eigenvalue weighted by Gasteiger charge is -2.30. The molecule has 1 aromatic rings. The molecule has 1 aliphatic heterocycles. The highest BCUT2D eigenvalue weighted by Crippen LogP contribution is 2.18. The van der Waals surface area contributed by atoms with Crippen LogP contribution in [0.3, 0.4) is 0 Å². The summed E-state index contributed by atoms with van der Waals surface area (Å²) in [5, 5.41) is 2.90. The van der Waals surface area contributed by atoms with E-state index in [1.807, 2.05) is 36.1 Å². The van der Waals surface area contributed by atoms with E-state index >= 15 is 0 Å². The van der Waals surface area contributed by atoms with E-state index in [4.69, 9.17) is 4.74 Å². The van der Waals surface area contributed by atoms with Gasteiger partial charge in [-0.2, -0.15) is 0 Å². The summed E-state index contributed by atoms with van der Waals surface area (Å²) in [7, 11) is 0. The van der Waals surface area contributed by atoms with Gasteiger partial charge >= 0.3 is 5.97 Å². The molecule has 1 heterocycles. The first kappa shape index (κ1) is 17.2. The first-order valence-corrected chi connectivity index (χ1v) is 8.60. The van der Waals surface area contributed by atoms with Crippen LogP contribution in [0.4, 0.5) is 5.69 Å². The zero-order valence-electron chi connectivity index (χ0n) is 12.7. The number of piperidine rings is 1. The third kappa shape index (κ3) is 5.24. The molecule has 1 atom stereocenters. The van der Waals surface area contributed by atoms with Crippen LogP contribution in [0.15, 0.2) is 24.3 Å². The van der Waals surface area contributed by atoms with Crippen LogP contribution < -0.4 is 5.32 Å². The number of ether oxygens (including phenoxy) is 1. The van der Waals surface area contributed by atoms with Crippen molar-refractivity contribution in [3.8, 4) is 0 Å². The highest BCUT2D eigenvalue weighted by atomic mass is 127. The fourth-order valence-electron chi connectivity index (χ4n) is 2.62. The van der Waals surface area contributed by atoms with Crippen LogP contribution in [0.2, 0.25) is 0 Å². The predicted octanol–water partition coefficient (Wildman–Crippen LogP) is 2.50. The quantitative estimate of drug-likeness (QED) is 0.592. The van der Waals surface area contributed by atoms with E-state index in [1.165, 1.54) is 0 Å². The summed E-state index contributed by atoms with van der Waals surface area (Å²) in [5.41, 5.74) is 0.802. The van der Waals surface area contributed by atoms with Crippen LogP contribution in [0.1, 0.15) is 19.8 Å². The van der Waals surface area contributed by atoms with Crippen molar-refractivity contribution >= 4 is 40.2 Å². The normalized spacial score (nSPS) is 18.7. The largest absolute Gasteiger partial charge is 0.466 e. The molecule has 0 bridgehead atoms. The van der Waals surface area contributed by atoms with Gasteiger partial charge in [-0.25, -0.2) is 0 Å². The average molecular weight is 416 g/mol. The second kappa shape index (κ2) is 8.47. The second-order valence-electron chi connectivity index (χ2n) is 5.38. The number of hydrogen-bond donors (Lipinski definition) is 1. The van der Waals surface area contributed by atoms with E-state index < -0.39 is 0 Å². The highest BCUT2D eigenvalue weighted by molar-refractivity contribution is 14.1. The molecule has 1 saturated heterocycles. The maximum Gasteiger partial charge on any atom is 0.310 e. The molecule has 1 aromatic carbocycles. The summed E-state index contributed by atoms with van der Waals surface area (Å²) in [6, 6.07) is 7.69. The minimum Gasteiger partial charge on any atom is -0.466 e. The Morgan fingerprint density at radius 3 is 3.00 bits per heavy atom. The smallest absolute Gasteiger partial charge is 0.310 e. The number of rotatable bonds is 5. The summed E-state index contributed by atoms with van der Waals surface area (Å²) in [5.74, 6) is -0.309. The monoisotopic (exact) mass is 416 g/mol. The van der Waals surface area contributed by atoms with Gasteiger partial charge < -0.3 is 10.1 Å². The molecule has 2 rings (SSSR count). The van der Waals surface area contributed by atoms with Gasteiger partial charge in [0.2, 0.25) is 5.91 Å². The van der Waals surface area contributed by atoms with Crippen molar-refractivity contribution in [2.24, 2.45) is 5.92 Å². The molecular weight excluding hydrogens is 395 g/mol. The van der Waals surface area contributed by atoms with E-state index in [-0.39, 0.29) is 17.8 Å². The number of nitrogens with one attached hydrogen (secondary N) is 1. The molecule has 5 nitrogen and oxygen atoms in total. The molecule has 1 amide bonds. The standard InChI is InChI=1S/C16H21IN2O3/c1-2-22-16(21)12-5-4-8-19(10-12)11-15(20)18-14-7-3-6-13(17)9-14/h3,6-7,9,12H,2,4-5,8,10-11H2,1H3,(H,18,20)/t12-/m1/s1. The lowest BCUT2D eigenvalue weighted by molar-refractivity contribution is -0.150. The molecule has 0 unspecified atom stereocenters. The van der Waals surface area contributed by atoms with Gasteiger partial charge in [0, 0.05) is 15.8 Å². The number of amides is 1. The Balaban J connectivity index is 1.84. The van der Waals surface area contributed by atoms with Crippen molar-refractivity contribution in [2.75, 3.05) is 31.6 Å². The molecule has 0 radical (unpaired) electrons. The van der Waals surface area contributed by atoms with E-state index in [1.54, 1.807) is 0 Å². The summed E-state index contributed by atoms with van der Waals surface area (Å²) in [6.07, 6.45) is 1.76. The van der Waals surface area contributed by atoms with Gasteiger partial charge in [-0.3, -0.25) is 14.5 Å². The summed E-state index contributed by atoms with van der Waals surface area (Å²) >= 11 is 2.21. The van der Waals surface area contributed by atoms with Crippen LogP contribution in [-0.2, 0) is 14.3 Å². The molecular formula is C16H21IN2O3. The van der Waals surface area contributed by atoms with Gasteiger partial charge in [0.1, 0.15) is 0 Å². The van der Waals surface area contributed by atoms with Gasteiger partial charge in [-0.05, 0) is 67.1 Å². The van der Waals surface area contributed by atoms with Crippen molar-refractivity contribution in [2.45, 2.75) is 19.8 Å². The van der Waals surface area contributed by atoms with E-state index in [0.29, 0.717) is 19.7 Å². The third-order valence-corrected chi connectivity index (χ3v) is 4.27. The Morgan fingerprint density at radius 2 is 2.27 bits per heavy atom. The number of nitrogens with zero attached hydrogens (tertiary/aromatic N) is 1. The van der Waals surface area contributed by atoms with Crippen LogP contribution >= 0.6 is 22.6 Å². The first-order valence-electron chi connectivity index (χ1n) is 7.53. The molecule has 0 saturated carbocycles. The molecule has 0 aliphatic carbocycles. The fourth-order valence-corrected chi connectivity index (χ4v) is 3.16. The molecule has 0 spiro atoms. The Bertz CT molecular complexity index is 536. The Labute approximate surface area is 144 Å². The second-order valence-corrected chi connectivity index (χ2v) is 6.63. The van der Waals surface area contributed by atoms with Crippen LogP contribution in [0.5, 0.6) is 0 Å². The maximum absolute atomic E-state index is 12.1. The first-order chi connectivity index (χ1) is 10.6. The van der Waals surface area contributed by atoms with Crippen LogP contribution in [0.25, 0.3) is 0 Å². The van der Waals surface area contributed by atoms with Crippen molar-refractivity contribution in [1.29, 1.82) is 0 Å². The molecule has 1 aliphatic rings. The highest BCUT2D eigenvalue weighted by Gasteiger charge is 2.27. The topological polar surface area (TPSA) is 58.6 Å². The number of halogens is 1. The van der Waals surface area contributed by atoms with Gasteiger partial charge in [0.25, 0.3) is 0 Å². The number of hydrogen-bond acceptors (Lipinski definition) is 4.